The fourth-order valence-electron chi connectivity index (χ4n) is 4.50. The van der Waals surface area contributed by atoms with E-state index in [0.717, 1.165) is 98.2 Å². The quantitative estimate of drug-likeness (QED) is 0.648. The number of piperazine rings is 3. The van der Waals surface area contributed by atoms with Crippen LogP contribution in [0.4, 0.5) is 0 Å². The number of nitrogens with zero attached hydrogens (tertiary/aromatic N) is 3. The van der Waals surface area contributed by atoms with E-state index in [1.165, 1.54) is 16.7 Å². The molecule has 0 amide bonds. The van der Waals surface area contributed by atoms with E-state index in [2.05, 4.69) is 48.8 Å². The van der Waals surface area contributed by atoms with Crippen molar-refractivity contribution >= 4 is 0 Å². The molecule has 3 N–H and O–H groups in total. The van der Waals surface area contributed by atoms with E-state index in [4.69, 9.17) is 0 Å². The highest BCUT2D eigenvalue weighted by Gasteiger charge is 2.15. The molecule has 0 spiro atoms. The van der Waals surface area contributed by atoms with Crippen LogP contribution in [0, 0.1) is 0 Å². The largest absolute Gasteiger partial charge is 0.314 e. The molecule has 3 saturated heterocycles. The molecular formula is C21H36N6. The predicted octanol–water partition coefficient (Wildman–Crippen LogP) is -0.0978. The monoisotopic (exact) mass is 372 g/mol. The Morgan fingerprint density at radius 2 is 0.741 bits per heavy atom. The molecule has 0 saturated carbocycles. The zero-order valence-electron chi connectivity index (χ0n) is 16.7. The highest BCUT2D eigenvalue weighted by molar-refractivity contribution is 5.30. The van der Waals surface area contributed by atoms with E-state index in [9.17, 15) is 0 Å². The molecule has 6 nitrogen and oxygen atoms in total. The third-order valence-corrected chi connectivity index (χ3v) is 5.96. The van der Waals surface area contributed by atoms with E-state index in [-0.39, 0.29) is 0 Å². The SMILES string of the molecule is c1c(CN2CCNCC2)cc(CN2CCNCC2)cc1CN1CCNCC1. The van der Waals surface area contributed by atoms with Crippen LogP contribution < -0.4 is 16.0 Å². The van der Waals surface area contributed by atoms with Gasteiger partial charge in [0.1, 0.15) is 0 Å². The predicted molar refractivity (Wildman–Crippen MR) is 111 cm³/mol. The molecule has 1 aromatic rings. The maximum Gasteiger partial charge on any atom is 0.0235 e. The van der Waals surface area contributed by atoms with E-state index < -0.39 is 0 Å². The zero-order valence-corrected chi connectivity index (χ0v) is 16.7. The van der Waals surface area contributed by atoms with Gasteiger partial charge in [0.15, 0.2) is 0 Å². The standard InChI is InChI=1S/C21H36N6/c1-7-25(8-2-22-1)16-19-13-20(17-26-9-3-23-4-10-26)15-21(14-19)18-27-11-5-24-6-12-27/h13-15,22-24H,1-12,16-18H2. The fourth-order valence-corrected chi connectivity index (χ4v) is 4.50. The molecule has 0 atom stereocenters. The van der Waals surface area contributed by atoms with Crippen LogP contribution in [0.3, 0.4) is 0 Å². The van der Waals surface area contributed by atoms with E-state index in [1.807, 2.05) is 0 Å². The van der Waals surface area contributed by atoms with Crippen molar-refractivity contribution < 1.29 is 0 Å². The van der Waals surface area contributed by atoms with Gasteiger partial charge in [0, 0.05) is 98.2 Å². The fraction of sp³-hybridized carbons (Fsp3) is 0.714. The molecule has 27 heavy (non-hydrogen) atoms. The van der Waals surface area contributed by atoms with E-state index >= 15 is 0 Å². The van der Waals surface area contributed by atoms with Crippen LogP contribution >= 0.6 is 0 Å². The molecule has 3 fully saturated rings. The maximum absolute atomic E-state index is 3.46. The van der Waals surface area contributed by atoms with E-state index in [1.54, 1.807) is 0 Å². The topological polar surface area (TPSA) is 45.8 Å². The summed E-state index contributed by atoms with van der Waals surface area (Å²) < 4.78 is 0. The van der Waals surface area contributed by atoms with Gasteiger partial charge >= 0.3 is 0 Å². The number of nitrogens with one attached hydrogen (secondary N) is 3. The van der Waals surface area contributed by atoms with Crippen molar-refractivity contribution in [1.82, 2.24) is 30.7 Å². The van der Waals surface area contributed by atoms with Crippen molar-refractivity contribution in [3.05, 3.63) is 34.9 Å². The first-order valence-corrected chi connectivity index (χ1v) is 10.8. The van der Waals surface area contributed by atoms with Crippen molar-refractivity contribution in [2.24, 2.45) is 0 Å². The molecule has 3 heterocycles. The average Bonchev–Trinajstić information content (AvgIpc) is 2.70. The Labute approximate surface area is 164 Å². The van der Waals surface area contributed by atoms with Gasteiger partial charge in [-0.25, -0.2) is 0 Å². The molecule has 3 aliphatic heterocycles. The lowest BCUT2D eigenvalue weighted by atomic mass is 10.0. The van der Waals surface area contributed by atoms with Crippen LogP contribution in [0.15, 0.2) is 18.2 Å². The first-order valence-electron chi connectivity index (χ1n) is 10.8. The summed E-state index contributed by atoms with van der Waals surface area (Å²) in [4.78, 5) is 7.78. The highest BCUT2D eigenvalue weighted by Crippen LogP contribution is 2.17. The third kappa shape index (κ3) is 5.98. The normalized spacial score (nSPS) is 23.6. The Kier molecular flexibility index (Phi) is 7.12. The second-order valence-corrected chi connectivity index (χ2v) is 8.24. The van der Waals surface area contributed by atoms with Gasteiger partial charge in [-0.05, 0) is 16.7 Å². The summed E-state index contributed by atoms with van der Waals surface area (Å²) in [6, 6.07) is 7.39. The Bertz CT molecular complexity index is 481. The Balaban J connectivity index is 1.47. The minimum Gasteiger partial charge on any atom is -0.314 e. The van der Waals surface area contributed by atoms with Crippen molar-refractivity contribution in [1.29, 1.82) is 0 Å². The molecule has 150 valence electrons. The summed E-state index contributed by atoms with van der Waals surface area (Å²) in [6.07, 6.45) is 0. The van der Waals surface area contributed by atoms with Gasteiger partial charge in [0.05, 0.1) is 0 Å². The summed E-state index contributed by atoms with van der Waals surface area (Å²) in [5, 5.41) is 10.4. The Hall–Kier alpha value is -1.02. The molecule has 3 aliphatic rings. The zero-order chi connectivity index (χ0) is 18.3. The molecule has 0 aliphatic carbocycles. The van der Waals surface area contributed by atoms with Crippen LogP contribution in [-0.4, -0.2) is 93.2 Å². The maximum atomic E-state index is 3.46. The summed E-state index contributed by atoms with van der Waals surface area (Å²) >= 11 is 0. The smallest absolute Gasteiger partial charge is 0.0235 e. The number of rotatable bonds is 6. The van der Waals surface area contributed by atoms with Crippen molar-refractivity contribution in [2.45, 2.75) is 19.6 Å². The lowest BCUT2D eigenvalue weighted by Gasteiger charge is -2.30. The summed E-state index contributed by atoms with van der Waals surface area (Å²) in [7, 11) is 0. The van der Waals surface area contributed by atoms with Crippen molar-refractivity contribution in [3.8, 4) is 0 Å². The third-order valence-electron chi connectivity index (χ3n) is 5.96. The first kappa shape index (κ1) is 19.3. The molecule has 0 unspecified atom stereocenters. The van der Waals surface area contributed by atoms with Gasteiger partial charge in [-0.1, -0.05) is 18.2 Å². The van der Waals surface area contributed by atoms with Gasteiger partial charge in [0.25, 0.3) is 0 Å². The number of benzene rings is 1. The summed E-state index contributed by atoms with van der Waals surface area (Å²) in [5.41, 5.74) is 4.49. The second kappa shape index (κ2) is 9.96. The molecule has 0 aromatic heterocycles. The lowest BCUT2D eigenvalue weighted by molar-refractivity contribution is 0.226. The van der Waals surface area contributed by atoms with Crippen LogP contribution in [0.2, 0.25) is 0 Å². The number of hydrogen-bond donors (Lipinski definition) is 3. The van der Waals surface area contributed by atoms with Gasteiger partial charge in [-0.2, -0.15) is 0 Å². The first-order chi connectivity index (χ1) is 13.3. The van der Waals surface area contributed by atoms with E-state index in [0.29, 0.717) is 0 Å². The lowest BCUT2D eigenvalue weighted by Crippen LogP contribution is -2.43. The van der Waals surface area contributed by atoms with Crippen LogP contribution in [-0.2, 0) is 19.6 Å². The molecule has 4 rings (SSSR count). The highest BCUT2D eigenvalue weighted by atomic mass is 15.2. The van der Waals surface area contributed by atoms with Gasteiger partial charge in [0.2, 0.25) is 0 Å². The molecular weight excluding hydrogens is 336 g/mol. The Morgan fingerprint density at radius 1 is 0.481 bits per heavy atom. The van der Waals surface area contributed by atoms with Gasteiger partial charge < -0.3 is 16.0 Å². The molecule has 0 bridgehead atoms. The second-order valence-electron chi connectivity index (χ2n) is 8.24. The minimum absolute atomic E-state index is 1.09. The average molecular weight is 373 g/mol. The van der Waals surface area contributed by atoms with Crippen molar-refractivity contribution in [3.63, 3.8) is 0 Å². The molecule has 6 heteroatoms. The summed E-state index contributed by atoms with van der Waals surface area (Å²) in [5.74, 6) is 0. The molecule has 0 radical (unpaired) electrons. The molecule has 1 aromatic carbocycles. The van der Waals surface area contributed by atoms with Crippen LogP contribution in [0.5, 0.6) is 0 Å². The summed E-state index contributed by atoms with van der Waals surface area (Å²) in [6.45, 7) is 17.0. The minimum atomic E-state index is 1.09. The Morgan fingerprint density at radius 3 is 1.00 bits per heavy atom. The van der Waals surface area contributed by atoms with Gasteiger partial charge in [-0.15, -0.1) is 0 Å². The van der Waals surface area contributed by atoms with Crippen LogP contribution in [0.1, 0.15) is 16.7 Å². The van der Waals surface area contributed by atoms with Gasteiger partial charge in [-0.3, -0.25) is 14.7 Å². The number of hydrogen-bond acceptors (Lipinski definition) is 6. The van der Waals surface area contributed by atoms with Crippen LogP contribution in [0.25, 0.3) is 0 Å². The van der Waals surface area contributed by atoms with Crippen molar-refractivity contribution in [2.75, 3.05) is 78.5 Å².